The van der Waals surface area contributed by atoms with E-state index in [9.17, 15) is 9.90 Å². The Morgan fingerprint density at radius 1 is 0.949 bits per heavy atom. The number of methoxy groups -OCH3 is 1. The fourth-order valence-electron chi connectivity index (χ4n) is 5.18. The lowest BCUT2D eigenvalue weighted by Crippen LogP contribution is -2.24. The van der Waals surface area contributed by atoms with Crippen molar-refractivity contribution in [1.82, 2.24) is 0 Å². The minimum atomic E-state index is -0.446. The lowest BCUT2D eigenvalue weighted by molar-refractivity contribution is -0.145. The Balaban J connectivity index is 1.43. The maximum absolute atomic E-state index is 12.9. The average Bonchev–Trinajstić information content (AvgIpc) is 2.91. The molecule has 0 bridgehead atoms. The van der Waals surface area contributed by atoms with Gasteiger partial charge in [-0.05, 0) is 83.8 Å². The number of aryl methyl sites for hydroxylation is 1. The van der Waals surface area contributed by atoms with Crippen LogP contribution in [-0.4, -0.2) is 24.8 Å². The molecule has 0 aliphatic carbocycles. The minimum Gasteiger partial charge on any atom is -0.508 e. The second-order valence-electron chi connectivity index (χ2n) is 10.8. The van der Waals surface area contributed by atoms with Gasteiger partial charge in [-0.2, -0.15) is 0 Å². The molecule has 0 saturated carbocycles. The van der Waals surface area contributed by atoms with Crippen LogP contribution in [0.2, 0.25) is 0 Å². The van der Waals surface area contributed by atoms with Gasteiger partial charge in [-0.25, -0.2) is 0 Å². The number of phenols is 1. The molecule has 0 aliphatic rings. The summed E-state index contributed by atoms with van der Waals surface area (Å²) in [6.45, 7) is 10.6. The summed E-state index contributed by atoms with van der Waals surface area (Å²) in [5.74, 6) is 1.14. The summed E-state index contributed by atoms with van der Waals surface area (Å²) in [7, 11) is 1.65. The molecule has 1 N–H and O–H groups in total. The third-order valence-electron chi connectivity index (χ3n) is 7.48. The summed E-state index contributed by atoms with van der Waals surface area (Å²) in [4.78, 5) is 12.9. The van der Waals surface area contributed by atoms with E-state index in [2.05, 4.69) is 13.8 Å². The van der Waals surface area contributed by atoms with Crippen LogP contribution in [0, 0.1) is 13.8 Å². The number of hydrogen-bond donors (Lipinski definition) is 1. The van der Waals surface area contributed by atoms with Crippen molar-refractivity contribution in [2.24, 2.45) is 0 Å². The van der Waals surface area contributed by atoms with E-state index in [-0.39, 0.29) is 18.3 Å². The monoisotopic (exact) mass is 526 g/mol. The summed E-state index contributed by atoms with van der Waals surface area (Å²) >= 11 is 0. The molecule has 4 rings (SSSR count). The molecule has 0 unspecified atom stereocenters. The fraction of sp³-hybridized carbons (Fsp3) is 0.324. The number of carbonyl (C=O) groups is 1. The van der Waals surface area contributed by atoms with Gasteiger partial charge < -0.3 is 19.3 Å². The first kappa shape index (κ1) is 28.0. The molecule has 0 amide bonds. The lowest BCUT2D eigenvalue weighted by atomic mass is 9.78. The molecule has 0 heterocycles. The SMILES string of the molecule is COc1ccc2cc([C@H](C)C(=O)OCCC(C)(C)c3c(O)cc(C)c(OCc4ccccc4)c3C)ccc2c1. The molecule has 0 spiro atoms. The molecule has 0 aromatic heterocycles. The first-order valence-electron chi connectivity index (χ1n) is 13.4. The highest BCUT2D eigenvalue weighted by Crippen LogP contribution is 2.42. The quantitative estimate of drug-likeness (QED) is 0.214. The zero-order valence-corrected chi connectivity index (χ0v) is 23.7. The first-order valence-corrected chi connectivity index (χ1v) is 13.4. The third kappa shape index (κ3) is 6.36. The van der Waals surface area contributed by atoms with Gasteiger partial charge in [0.05, 0.1) is 19.6 Å². The van der Waals surface area contributed by atoms with Crippen molar-refractivity contribution < 1.29 is 24.1 Å². The topological polar surface area (TPSA) is 65.0 Å². The second kappa shape index (κ2) is 11.8. The molecule has 39 heavy (non-hydrogen) atoms. The number of carbonyl (C=O) groups excluding carboxylic acids is 1. The van der Waals surface area contributed by atoms with Crippen LogP contribution in [0.25, 0.3) is 10.8 Å². The molecule has 204 valence electrons. The van der Waals surface area contributed by atoms with Crippen LogP contribution in [0.3, 0.4) is 0 Å². The van der Waals surface area contributed by atoms with Crippen molar-refractivity contribution >= 4 is 16.7 Å². The Bertz CT molecular complexity index is 1460. The van der Waals surface area contributed by atoms with E-state index >= 15 is 0 Å². The Hall–Kier alpha value is -3.99. The van der Waals surface area contributed by atoms with Gasteiger partial charge in [0.15, 0.2) is 0 Å². The van der Waals surface area contributed by atoms with Gasteiger partial charge in [-0.15, -0.1) is 0 Å². The van der Waals surface area contributed by atoms with Crippen LogP contribution < -0.4 is 9.47 Å². The fourth-order valence-corrected chi connectivity index (χ4v) is 5.18. The van der Waals surface area contributed by atoms with Crippen molar-refractivity contribution in [2.75, 3.05) is 13.7 Å². The van der Waals surface area contributed by atoms with Crippen molar-refractivity contribution in [2.45, 2.75) is 59.0 Å². The Morgan fingerprint density at radius 2 is 1.64 bits per heavy atom. The maximum atomic E-state index is 12.9. The third-order valence-corrected chi connectivity index (χ3v) is 7.48. The van der Waals surface area contributed by atoms with Gasteiger partial charge >= 0.3 is 5.97 Å². The van der Waals surface area contributed by atoms with E-state index in [0.717, 1.165) is 50.1 Å². The van der Waals surface area contributed by atoms with Gasteiger partial charge in [0, 0.05) is 5.56 Å². The maximum Gasteiger partial charge on any atom is 0.313 e. The lowest BCUT2D eigenvalue weighted by Gasteiger charge is -2.30. The van der Waals surface area contributed by atoms with Crippen LogP contribution in [0.1, 0.15) is 60.9 Å². The molecule has 4 aromatic carbocycles. The molecule has 0 aliphatic heterocycles. The Labute approximate surface area is 231 Å². The predicted molar refractivity (Wildman–Crippen MR) is 156 cm³/mol. The summed E-state index contributed by atoms with van der Waals surface area (Å²) in [6.07, 6.45) is 0.554. The highest BCUT2D eigenvalue weighted by molar-refractivity contribution is 5.86. The first-order chi connectivity index (χ1) is 18.6. The van der Waals surface area contributed by atoms with Crippen molar-refractivity contribution in [3.05, 3.63) is 101 Å². The highest BCUT2D eigenvalue weighted by Gasteiger charge is 2.29. The number of phenolic OH excluding ortho intramolecular Hbond substituents is 1. The number of esters is 1. The number of ether oxygens (including phenoxy) is 3. The summed E-state index contributed by atoms with van der Waals surface area (Å²) in [5.41, 5.74) is 4.14. The molecular formula is C34H38O5. The molecule has 1 atom stereocenters. The van der Waals surface area contributed by atoms with Crippen LogP contribution in [-0.2, 0) is 21.6 Å². The van der Waals surface area contributed by atoms with E-state index in [1.54, 1.807) is 13.2 Å². The molecule has 0 saturated heterocycles. The molecule has 0 radical (unpaired) electrons. The van der Waals surface area contributed by atoms with Crippen LogP contribution in [0.15, 0.2) is 72.8 Å². The molecule has 0 fully saturated rings. The zero-order chi connectivity index (χ0) is 28.2. The largest absolute Gasteiger partial charge is 0.508 e. The second-order valence-corrected chi connectivity index (χ2v) is 10.8. The van der Waals surface area contributed by atoms with Gasteiger partial charge in [0.25, 0.3) is 0 Å². The Kier molecular flexibility index (Phi) is 8.49. The van der Waals surface area contributed by atoms with Crippen molar-refractivity contribution in [1.29, 1.82) is 0 Å². The average molecular weight is 527 g/mol. The van der Waals surface area contributed by atoms with E-state index in [1.807, 2.05) is 87.5 Å². The highest BCUT2D eigenvalue weighted by atomic mass is 16.5. The summed E-state index contributed by atoms with van der Waals surface area (Å²) < 4.78 is 17.2. The standard InChI is InChI=1S/C34H38O5/c1-22-18-30(35)31(24(3)32(22)39-21-25-10-8-7-9-11-25)34(4,5)16-17-38-33(36)23(2)26-12-13-28-20-29(37-6)15-14-27(28)19-26/h7-15,18-20,23,35H,16-17,21H2,1-6H3/t23-/m0/s1. The number of aromatic hydroxyl groups is 1. The van der Waals surface area contributed by atoms with Gasteiger partial charge in [0.1, 0.15) is 23.9 Å². The molecule has 5 nitrogen and oxygen atoms in total. The van der Waals surface area contributed by atoms with E-state index in [0.29, 0.717) is 13.0 Å². The van der Waals surface area contributed by atoms with Gasteiger partial charge in [-0.1, -0.05) is 68.4 Å². The minimum absolute atomic E-state index is 0.231. The van der Waals surface area contributed by atoms with E-state index in [4.69, 9.17) is 14.2 Å². The number of hydrogen-bond acceptors (Lipinski definition) is 5. The van der Waals surface area contributed by atoms with Crippen LogP contribution in [0.5, 0.6) is 17.2 Å². The smallest absolute Gasteiger partial charge is 0.313 e. The number of benzene rings is 4. The Morgan fingerprint density at radius 3 is 2.36 bits per heavy atom. The molecular weight excluding hydrogens is 488 g/mol. The van der Waals surface area contributed by atoms with Crippen LogP contribution in [0.4, 0.5) is 0 Å². The normalized spacial score (nSPS) is 12.3. The van der Waals surface area contributed by atoms with E-state index < -0.39 is 11.3 Å². The predicted octanol–water partition coefficient (Wildman–Crippen LogP) is 7.76. The van der Waals surface area contributed by atoms with Gasteiger partial charge in [0.2, 0.25) is 0 Å². The van der Waals surface area contributed by atoms with Crippen molar-refractivity contribution in [3.8, 4) is 17.2 Å². The number of fused-ring (bicyclic) bond motifs is 1. The van der Waals surface area contributed by atoms with E-state index in [1.165, 1.54) is 0 Å². The zero-order valence-electron chi connectivity index (χ0n) is 23.7. The van der Waals surface area contributed by atoms with Crippen molar-refractivity contribution in [3.63, 3.8) is 0 Å². The molecule has 4 aromatic rings. The number of rotatable bonds is 10. The van der Waals surface area contributed by atoms with Gasteiger partial charge in [-0.3, -0.25) is 4.79 Å². The summed E-state index contributed by atoms with van der Waals surface area (Å²) in [5, 5.41) is 13.0. The van der Waals surface area contributed by atoms with Crippen LogP contribution >= 0.6 is 0 Å². The molecule has 5 heteroatoms. The summed E-state index contributed by atoms with van der Waals surface area (Å²) in [6, 6.07) is 23.6.